The van der Waals surface area contributed by atoms with Crippen molar-refractivity contribution < 1.29 is 13.2 Å². The van der Waals surface area contributed by atoms with Gasteiger partial charge in [-0.25, -0.2) is 8.42 Å². The number of piperidine rings is 1. The van der Waals surface area contributed by atoms with Gasteiger partial charge in [0.25, 0.3) is 5.91 Å². The molecule has 10 heteroatoms. The Morgan fingerprint density at radius 3 is 2.77 bits per heavy atom. The molecule has 162 valence electrons. The summed E-state index contributed by atoms with van der Waals surface area (Å²) in [7, 11) is -3.65. The van der Waals surface area contributed by atoms with E-state index in [0.29, 0.717) is 29.5 Å². The number of sulfonamides is 1. The van der Waals surface area contributed by atoms with Crippen LogP contribution in [-0.4, -0.2) is 41.9 Å². The molecule has 1 aromatic heterocycles. The Balaban J connectivity index is 1.49. The third-order valence-electron chi connectivity index (χ3n) is 5.20. The summed E-state index contributed by atoms with van der Waals surface area (Å²) in [4.78, 5) is 12.8. The number of hydrogen-bond donors (Lipinski definition) is 1. The maximum absolute atomic E-state index is 13.0. The van der Waals surface area contributed by atoms with Gasteiger partial charge in [0, 0.05) is 29.7 Å². The molecule has 0 bridgehead atoms. The van der Waals surface area contributed by atoms with Crippen LogP contribution in [0.3, 0.4) is 0 Å². The Kier molecular flexibility index (Phi) is 6.38. The minimum atomic E-state index is -3.65. The highest BCUT2D eigenvalue weighted by Gasteiger charge is 2.33. The van der Waals surface area contributed by atoms with Gasteiger partial charge >= 0.3 is 0 Å². The van der Waals surface area contributed by atoms with Crippen molar-refractivity contribution >= 4 is 44.6 Å². The summed E-state index contributed by atoms with van der Waals surface area (Å²) in [6.07, 6.45) is 1.49. The second kappa shape index (κ2) is 9.04. The van der Waals surface area contributed by atoms with Crippen LogP contribution in [0.1, 0.15) is 39.1 Å². The quantitative estimate of drug-likeness (QED) is 0.592. The third kappa shape index (κ3) is 4.79. The molecule has 1 aliphatic heterocycles. The van der Waals surface area contributed by atoms with E-state index < -0.39 is 10.0 Å². The van der Waals surface area contributed by atoms with Crippen LogP contribution in [0.2, 0.25) is 5.02 Å². The minimum Gasteiger partial charge on any atom is -0.320 e. The predicted molar refractivity (Wildman–Crippen MR) is 121 cm³/mol. The molecule has 7 nitrogen and oxygen atoms in total. The van der Waals surface area contributed by atoms with Crippen LogP contribution in [0.25, 0.3) is 0 Å². The number of aromatic nitrogens is 2. The average molecular weight is 477 g/mol. The van der Waals surface area contributed by atoms with E-state index >= 15 is 0 Å². The molecule has 0 aliphatic carbocycles. The first-order valence-electron chi connectivity index (χ1n) is 9.80. The van der Waals surface area contributed by atoms with Crippen LogP contribution >= 0.6 is 22.9 Å². The molecule has 1 amide bonds. The van der Waals surface area contributed by atoms with Gasteiger partial charge in [0.15, 0.2) is 0 Å². The zero-order chi connectivity index (χ0) is 22.0. The van der Waals surface area contributed by atoms with Crippen molar-refractivity contribution in [3.8, 4) is 0 Å². The predicted octanol–water partition coefficient (Wildman–Crippen LogP) is 4.32. The van der Waals surface area contributed by atoms with Gasteiger partial charge in [-0.2, -0.15) is 4.31 Å². The number of halogens is 1. The van der Waals surface area contributed by atoms with Crippen molar-refractivity contribution in [3.63, 3.8) is 0 Å². The highest BCUT2D eigenvalue weighted by molar-refractivity contribution is 7.89. The smallest absolute Gasteiger partial charge is 0.286 e. The van der Waals surface area contributed by atoms with E-state index in [0.717, 1.165) is 17.7 Å². The van der Waals surface area contributed by atoms with Gasteiger partial charge in [-0.3, -0.25) is 4.79 Å². The fourth-order valence-corrected chi connectivity index (χ4v) is 6.21. The van der Waals surface area contributed by atoms with E-state index in [1.807, 2.05) is 31.2 Å². The van der Waals surface area contributed by atoms with E-state index in [4.69, 9.17) is 11.6 Å². The second-order valence-electron chi connectivity index (χ2n) is 7.37. The normalized spacial score (nSPS) is 17.4. The van der Waals surface area contributed by atoms with Crippen molar-refractivity contribution in [2.75, 3.05) is 18.4 Å². The standard InChI is InChI=1S/C21H21ClN4O3S2/c1-14-6-2-3-10-18(14)23-19(27)21-25-24-20(30-21)15-7-5-11-26(13-15)31(28,29)17-9-4-8-16(22)12-17/h2-4,6,8-10,12,15H,5,7,11,13H2,1H3,(H,23,27). The number of carbonyl (C=O) groups is 1. The fraction of sp³-hybridized carbons (Fsp3) is 0.286. The lowest BCUT2D eigenvalue weighted by Crippen LogP contribution is -2.39. The topological polar surface area (TPSA) is 92.3 Å². The van der Waals surface area contributed by atoms with E-state index in [-0.39, 0.29) is 21.7 Å². The van der Waals surface area contributed by atoms with Gasteiger partial charge in [0.2, 0.25) is 15.0 Å². The highest BCUT2D eigenvalue weighted by Crippen LogP contribution is 2.32. The summed E-state index contributed by atoms with van der Waals surface area (Å²) in [5, 5.41) is 12.4. The van der Waals surface area contributed by atoms with Gasteiger partial charge in [-0.15, -0.1) is 10.2 Å². The first-order valence-corrected chi connectivity index (χ1v) is 12.4. The largest absolute Gasteiger partial charge is 0.320 e. The first kappa shape index (κ1) is 21.9. The van der Waals surface area contributed by atoms with Gasteiger partial charge in [0.1, 0.15) is 5.01 Å². The maximum atomic E-state index is 13.0. The zero-order valence-electron chi connectivity index (χ0n) is 16.8. The molecule has 1 aliphatic rings. The fourth-order valence-electron chi connectivity index (χ4n) is 3.52. The number of anilines is 1. The zero-order valence-corrected chi connectivity index (χ0v) is 19.2. The molecule has 0 saturated carbocycles. The molecule has 1 N–H and O–H groups in total. The lowest BCUT2D eigenvalue weighted by Gasteiger charge is -2.30. The number of nitrogens with one attached hydrogen (secondary N) is 1. The molecule has 1 saturated heterocycles. The van der Waals surface area contributed by atoms with Crippen LogP contribution < -0.4 is 5.32 Å². The number of para-hydroxylation sites is 1. The number of hydrogen-bond acceptors (Lipinski definition) is 6. The Hall–Kier alpha value is -2.33. The van der Waals surface area contributed by atoms with Crippen LogP contribution in [0.5, 0.6) is 0 Å². The number of aryl methyl sites for hydroxylation is 1. The second-order valence-corrected chi connectivity index (χ2v) is 10.8. The molecule has 4 rings (SSSR count). The Morgan fingerprint density at radius 2 is 2.00 bits per heavy atom. The third-order valence-corrected chi connectivity index (χ3v) is 8.38. The molecule has 1 fully saturated rings. The summed E-state index contributed by atoms with van der Waals surface area (Å²) in [6.45, 7) is 2.64. The summed E-state index contributed by atoms with van der Waals surface area (Å²) in [5.41, 5.74) is 1.68. The van der Waals surface area contributed by atoms with Gasteiger partial charge in [0.05, 0.1) is 4.90 Å². The van der Waals surface area contributed by atoms with Crippen LogP contribution in [0.4, 0.5) is 5.69 Å². The summed E-state index contributed by atoms with van der Waals surface area (Å²) in [5.74, 6) is -0.433. The Morgan fingerprint density at radius 1 is 1.19 bits per heavy atom. The molecule has 2 aromatic carbocycles. The van der Waals surface area contributed by atoms with E-state index in [1.54, 1.807) is 18.2 Å². The maximum Gasteiger partial charge on any atom is 0.286 e. The molecule has 31 heavy (non-hydrogen) atoms. The Bertz CT molecular complexity index is 1210. The van der Waals surface area contributed by atoms with Crippen molar-refractivity contribution in [3.05, 3.63) is 69.1 Å². The first-order chi connectivity index (χ1) is 14.8. The number of amides is 1. The van der Waals surface area contributed by atoms with E-state index in [9.17, 15) is 13.2 Å². The van der Waals surface area contributed by atoms with Crippen LogP contribution in [0.15, 0.2) is 53.4 Å². The molecule has 0 spiro atoms. The highest BCUT2D eigenvalue weighted by atomic mass is 35.5. The van der Waals surface area contributed by atoms with Crippen molar-refractivity contribution in [2.45, 2.75) is 30.6 Å². The molecular formula is C21H21ClN4O3S2. The molecular weight excluding hydrogens is 456 g/mol. The van der Waals surface area contributed by atoms with Crippen molar-refractivity contribution in [1.29, 1.82) is 0 Å². The van der Waals surface area contributed by atoms with Gasteiger partial charge in [-0.1, -0.05) is 47.2 Å². The Labute approximate surface area is 190 Å². The number of benzene rings is 2. The summed E-state index contributed by atoms with van der Waals surface area (Å²) >= 11 is 7.18. The molecule has 1 atom stereocenters. The summed E-state index contributed by atoms with van der Waals surface area (Å²) in [6, 6.07) is 13.8. The summed E-state index contributed by atoms with van der Waals surface area (Å²) < 4.78 is 27.5. The van der Waals surface area contributed by atoms with Gasteiger partial charge in [-0.05, 0) is 49.6 Å². The molecule has 2 heterocycles. The van der Waals surface area contributed by atoms with Crippen molar-refractivity contribution in [1.82, 2.24) is 14.5 Å². The molecule has 3 aromatic rings. The van der Waals surface area contributed by atoms with E-state index in [1.165, 1.54) is 21.7 Å². The van der Waals surface area contributed by atoms with Crippen molar-refractivity contribution in [2.24, 2.45) is 0 Å². The average Bonchev–Trinajstić information content (AvgIpc) is 3.26. The number of nitrogens with zero attached hydrogens (tertiary/aromatic N) is 3. The lowest BCUT2D eigenvalue weighted by atomic mass is 10.0. The van der Waals surface area contributed by atoms with Crippen LogP contribution in [0, 0.1) is 6.92 Å². The molecule has 1 unspecified atom stereocenters. The molecule has 0 radical (unpaired) electrons. The number of carbonyl (C=O) groups excluding carboxylic acids is 1. The van der Waals surface area contributed by atoms with Gasteiger partial charge < -0.3 is 5.32 Å². The lowest BCUT2D eigenvalue weighted by molar-refractivity contribution is 0.102. The number of rotatable bonds is 5. The van der Waals surface area contributed by atoms with Crippen LogP contribution in [-0.2, 0) is 10.0 Å². The van der Waals surface area contributed by atoms with E-state index in [2.05, 4.69) is 15.5 Å². The minimum absolute atomic E-state index is 0.111. The monoisotopic (exact) mass is 476 g/mol. The SMILES string of the molecule is Cc1ccccc1NC(=O)c1nnc(C2CCCN(S(=O)(=O)c3cccc(Cl)c3)C2)s1.